The summed E-state index contributed by atoms with van der Waals surface area (Å²) in [6.45, 7) is 3.07. The lowest BCUT2D eigenvalue weighted by Gasteiger charge is -2.32. The molecule has 0 saturated carbocycles. The topological polar surface area (TPSA) is 62.7 Å². The third-order valence-electron chi connectivity index (χ3n) is 2.80. The third-order valence-corrected chi connectivity index (χ3v) is 2.99. The van der Waals surface area contributed by atoms with Crippen LogP contribution >= 0.6 is 11.6 Å². The van der Waals surface area contributed by atoms with Crippen molar-refractivity contribution in [3.8, 4) is 0 Å². The summed E-state index contributed by atoms with van der Waals surface area (Å²) in [5, 5.41) is 9.37. The standard InChI is InChI=1S/C12H15ClN2O3/c1-8-4-9(5-11(13)14-8)12(17)15-2-3-18-10(6-15)7-16/h4-5,10,16H,2-3,6-7H2,1H3. The van der Waals surface area contributed by atoms with E-state index in [2.05, 4.69) is 4.98 Å². The van der Waals surface area contributed by atoms with Crippen molar-refractivity contribution in [2.45, 2.75) is 13.0 Å². The van der Waals surface area contributed by atoms with E-state index in [0.717, 1.165) is 0 Å². The van der Waals surface area contributed by atoms with Gasteiger partial charge in [0.2, 0.25) is 0 Å². The molecule has 6 heteroatoms. The van der Waals surface area contributed by atoms with Gasteiger partial charge >= 0.3 is 0 Å². The van der Waals surface area contributed by atoms with Crippen LogP contribution in [0.25, 0.3) is 0 Å². The molecule has 1 aromatic rings. The van der Waals surface area contributed by atoms with E-state index in [0.29, 0.717) is 36.1 Å². The Bertz CT molecular complexity index is 433. The number of nitrogens with zero attached hydrogens (tertiary/aromatic N) is 2. The zero-order valence-electron chi connectivity index (χ0n) is 10.1. The molecule has 1 aliphatic rings. The molecule has 0 spiro atoms. The minimum absolute atomic E-state index is 0.0834. The van der Waals surface area contributed by atoms with Gasteiger partial charge < -0.3 is 14.7 Å². The number of amides is 1. The van der Waals surface area contributed by atoms with Crippen molar-refractivity contribution in [2.75, 3.05) is 26.3 Å². The van der Waals surface area contributed by atoms with E-state index in [1.165, 1.54) is 0 Å². The number of aliphatic hydroxyl groups is 1. The summed E-state index contributed by atoms with van der Waals surface area (Å²) in [7, 11) is 0. The summed E-state index contributed by atoms with van der Waals surface area (Å²) in [4.78, 5) is 18.0. The molecule has 5 nitrogen and oxygen atoms in total. The normalized spacial score (nSPS) is 19.9. The number of halogens is 1. The third kappa shape index (κ3) is 2.98. The Labute approximate surface area is 110 Å². The summed E-state index contributed by atoms with van der Waals surface area (Å²) in [5.74, 6) is -0.107. The molecule has 0 bridgehead atoms. The summed E-state index contributed by atoms with van der Waals surface area (Å²) in [6.07, 6.45) is -0.305. The molecule has 0 aliphatic carbocycles. The first-order chi connectivity index (χ1) is 8.60. The van der Waals surface area contributed by atoms with Crippen LogP contribution in [-0.4, -0.2) is 53.3 Å². The van der Waals surface area contributed by atoms with Gasteiger partial charge in [0.25, 0.3) is 5.91 Å². The second kappa shape index (κ2) is 5.65. The van der Waals surface area contributed by atoms with Gasteiger partial charge in [0.1, 0.15) is 5.15 Å². The van der Waals surface area contributed by atoms with Gasteiger partial charge in [0.05, 0.1) is 19.3 Å². The van der Waals surface area contributed by atoms with E-state index in [1.807, 2.05) is 0 Å². The smallest absolute Gasteiger partial charge is 0.254 e. The molecule has 1 fully saturated rings. The Morgan fingerprint density at radius 1 is 1.67 bits per heavy atom. The van der Waals surface area contributed by atoms with Crippen LogP contribution in [0.5, 0.6) is 0 Å². The second-order valence-electron chi connectivity index (χ2n) is 4.25. The second-order valence-corrected chi connectivity index (χ2v) is 4.63. The van der Waals surface area contributed by atoms with E-state index in [1.54, 1.807) is 24.0 Å². The number of aromatic nitrogens is 1. The fourth-order valence-corrected chi connectivity index (χ4v) is 2.20. The van der Waals surface area contributed by atoms with Crippen LogP contribution < -0.4 is 0 Å². The highest BCUT2D eigenvalue weighted by Gasteiger charge is 2.24. The minimum Gasteiger partial charge on any atom is -0.394 e. The SMILES string of the molecule is Cc1cc(C(=O)N2CCOC(CO)C2)cc(Cl)n1. The number of pyridine rings is 1. The van der Waals surface area contributed by atoms with Crippen LogP contribution in [-0.2, 0) is 4.74 Å². The van der Waals surface area contributed by atoms with Gasteiger partial charge in [-0.2, -0.15) is 0 Å². The molecule has 1 amide bonds. The fraction of sp³-hybridized carbons (Fsp3) is 0.500. The van der Waals surface area contributed by atoms with Crippen LogP contribution in [0, 0.1) is 6.92 Å². The van der Waals surface area contributed by atoms with Crippen LogP contribution in [0.1, 0.15) is 16.1 Å². The molecule has 1 atom stereocenters. The van der Waals surface area contributed by atoms with Crippen molar-refractivity contribution in [1.82, 2.24) is 9.88 Å². The number of hydrogen-bond donors (Lipinski definition) is 1. The van der Waals surface area contributed by atoms with Gasteiger partial charge in [-0.15, -0.1) is 0 Å². The molecule has 98 valence electrons. The molecular formula is C12H15ClN2O3. The molecule has 0 radical (unpaired) electrons. The summed E-state index contributed by atoms with van der Waals surface area (Å²) in [5.41, 5.74) is 1.23. The predicted octanol–water partition coefficient (Wildman–Crippen LogP) is 0.877. The van der Waals surface area contributed by atoms with E-state index >= 15 is 0 Å². The molecule has 1 aliphatic heterocycles. The van der Waals surface area contributed by atoms with Gasteiger partial charge in [-0.3, -0.25) is 4.79 Å². The zero-order valence-corrected chi connectivity index (χ0v) is 10.9. The molecule has 1 saturated heterocycles. The van der Waals surface area contributed by atoms with E-state index in [4.69, 9.17) is 21.4 Å². The number of morpholine rings is 1. The first kappa shape index (κ1) is 13.3. The molecule has 1 N–H and O–H groups in total. The first-order valence-corrected chi connectivity index (χ1v) is 6.14. The fourth-order valence-electron chi connectivity index (χ4n) is 1.95. The summed E-state index contributed by atoms with van der Waals surface area (Å²) >= 11 is 5.84. The van der Waals surface area contributed by atoms with E-state index in [-0.39, 0.29) is 18.6 Å². The average Bonchev–Trinajstić information content (AvgIpc) is 2.37. The maximum atomic E-state index is 12.3. The average molecular weight is 271 g/mol. The first-order valence-electron chi connectivity index (χ1n) is 5.76. The number of carbonyl (C=O) groups excluding carboxylic acids is 1. The van der Waals surface area contributed by atoms with E-state index in [9.17, 15) is 4.79 Å². The molecule has 0 aromatic carbocycles. The zero-order chi connectivity index (χ0) is 13.1. The Balaban J connectivity index is 2.15. The van der Waals surface area contributed by atoms with E-state index < -0.39 is 0 Å². The molecular weight excluding hydrogens is 256 g/mol. The number of carbonyl (C=O) groups is 1. The van der Waals surface area contributed by atoms with Gasteiger partial charge in [-0.05, 0) is 19.1 Å². The van der Waals surface area contributed by atoms with Crippen molar-refractivity contribution in [3.05, 3.63) is 28.5 Å². The Hall–Kier alpha value is -1.17. The lowest BCUT2D eigenvalue weighted by atomic mass is 10.2. The van der Waals surface area contributed by atoms with Gasteiger partial charge in [-0.25, -0.2) is 4.98 Å². The number of aliphatic hydroxyl groups excluding tert-OH is 1. The predicted molar refractivity (Wildman–Crippen MR) is 66.7 cm³/mol. The van der Waals surface area contributed by atoms with Crippen LogP contribution in [0.4, 0.5) is 0 Å². The van der Waals surface area contributed by atoms with Crippen LogP contribution in [0.15, 0.2) is 12.1 Å². The molecule has 1 aromatic heterocycles. The highest BCUT2D eigenvalue weighted by molar-refractivity contribution is 6.29. The monoisotopic (exact) mass is 270 g/mol. The summed E-state index contributed by atoms with van der Waals surface area (Å²) in [6, 6.07) is 3.26. The maximum Gasteiger partial charge on any atom is 0.254 e. The van der Waals surface area contributed by atoms with Crippen molar-refractivity contribution < 1.29 is 14.6 Å². The largest absolute Gasteiger partial charge is 0.394 e. The molecule has 2 rings (SSSR count). The van der Waals surface area contributed by atoms with Gasteiger partial charge in [-0.1, -0.05) is 11.6 Å². The molecule has 1 unspecified atom stereocenters. The van der Waals surface area contributed by atoms with Crippen molar-refractivity contribution in [2.24, 2.45) is 0 Å². The van der Waals surface area contributed by atoms with Crippen molar-refractivity contribution in [1.29, 1.82) is 0 Å². The Morgan fingerprint density at radius 3 is 3.11 bits per heavy atom. The molecule has 2 heterocycles. The number of aryl methyl sites for hydroxylation is 1. The molecule has 18 heavy (non-hydrogen) atoms. The van der Waals surface area contributed by atoms with Crippen LogP contribution in [0.3, 0.4) is 0 Å². The number of ether oxygens (including phenoxy) is 1. The minimum atomic E-state index is -0.305. The lowest BCUT2D eigenvalue weighted by Crippen LogP contribution is -2.46. The lowest BCUT2D eigenvalue weighted by molar-refractivity contribution is -0.0447. The highest BCUT2D eigenvalue weighted by Crippen LogP contribution is 2.15. The quantitative estimate of drug-likeness (QED) is 0.811. The van der Waals surface area contributed by atoms with Crippen molar-refractivity contribution >= 4 is 17.5 Å². The number of rotatable bonds is 2. The van der Waals surface area contributed by atoms with Gasteiger partial charge in [0, 0.05) is 24.3 Å². The highest BCUT2D eigenvalue weighted by atomic mass is 35.5. The van der Waals surface area contributed by atoms with Crippen LogP contribution in [0.2, 0.25) is 5.15 Å². The number of hydrogen-bond acceptors (Lipinski definition) is 4. The van der Waals surface area contributed by atoms with Gasteiger partial charge in [0.15, 0.2) is 0 Å². The van der Waals surface area contributed by atoms with Crippen molar-refractivity contribution in [3.63, 3.8) is 0 Å². The Morgan fingerprint density at radius 2 is 2.44 bits per heavy atom. The maximum absolute atomic E-state index is 12.3. The Kier molecular flexibility index (Phi) is 4.16. The summed E-state index contributed by atoms with van der Waals surface area (Å²) < 4.78 is 5.31.